The Morgan fingerprint density at radius 3 is 2.28 bits per heavy atom. The summed E-state index contributed by atoms with van der Waals surface area (Å²) in [5, 5.41) is 0.681. The average Bonchev–Trinajstić information content (AvgIpc) is 2.69. The van der Waals surface area contributed by atoms with Gasteiger partial charge < -0.3 is 4.90 Å². The molecule has 0 unspecified atom stereocenters. The molecule has 1 aliphatic rings. The second-order valence-electron chi connectivity index (χ2n) is 6.73. The number of hydrogen-bond donors (Lipinski definition) is 1. The fourth-order valence-electron chi connectivity index (χ4n) is 3.14. The molecule has 3 rings (SSSR count). The molecule has 0 saturated carbocycles. The number of benzene rings is 2. The Morgan fingerprint density at radius 1 is 1.00 bits per heavy atom. The number of hydrogen-bond acceptors (Lipinski definition) is 4. The number of piperazine rings is 1. The summed E-state index contributed by atoms with van der Waals surface area (Å²) >= 11 is 5.90. The largest absolute Gasteiger partial charge is 0.416 e. The van der Waals surface area contributed by atoms with Crippen LogP contribution in [0.4, 0.5) is 18.9 Å². The molecule has 0 atom stereocenters. The molecule has 158 valence electrons. The fourth-order valence-corrected chi connectivity index (χ4v) is 4.34. The molecule has 1 saturated heterocycles. The van der Waals surface area contributed by atoms with Gasteiger partial charge in [0, 0.05) is 50.0 Å². The van der Waals surface area contributed by atoms with Gasteiger partial charge in [0.15, 0.2) is 0 Å². The van der Waals surface area contributed by atoms with E-state index in [0.29, 0.717) is 17.6 Å². The second-order valence-corrected chi connectivity index (χ2v) is 8.93. The average molecular weight is 448 g/mol. The Labute approximate surface area is 173 Å². The third kappa shape index (κ3) is 5.85. The smallest absolute Gasteiger partial charge is 0.369 e. The summed E-state index contributed by atoms with van der Waals surface area (Å²) < 4.78 is 65.4. The first kappa shape index (κ1) is 21.9. The maximum absolute atomic E-state index is 12.8. The van der Waals surface area contributed by atoms with Crippen molar-refractivity contribution in [3.8, 4) is 0 Å². The predicted octanol–water partition coefficient (Wildman–Crippen LogP) is 3.46. The predicted molar refractivity (Wildman–Crippen MR) is 107 cm³/mol. The van der Waals surface area contributed by atoms with Gasteiger partial charge in [-0.1, -0.05) is 17.7 Å². The van der Waals surface area contributed by atoms with Crippen molar-refractivity contribution in [3.05, 3.63) is 59.1 Å². The monoisotopic (exact) mass is 447 g/mol. The maximum atomic E-state index is 12.8. The lowest BCUT2D eigenvalue weighted by Gasteiger charge is -2.36. The number of halogens is 4. The highest BCUT2D eigenvalue weighted by atomic mass is 35.5. The SMILES string of the molecule is O=S(=O)(NCCN1CCN(c2ccc(Cl)cc2)CC1)c1cccc(C(F)(F)F)c1. The summed E-state index contributed by atoms with van der Waals surface area (Å²) in [6.45, 7) is 3.71. The van der Waals surface area contributed by atoms with Crippen molar-refractivity contribution in [1.82, 2.24) is 9.62 Å². The number of anilines is 1. The van der Waals surface area contributed by atoms with E-state index in [0.717, 1.165) is 50.1 Å². The lowest BCUT2D eigenvalue weighted by atomic mass is 10.2. The van der Waals surface area contributed by atoms with Crippen LogP contribution in [0.3, 0.4) is 0 Å². The molecule has 10 heteroatoms. The maximum Gasteiger partial charge on any atom is 0.416 e. The highest BCUT2D eigenvalue weighted by molar-refractivity contribution is 7.89. The van der Waals surface area contributed by atoms with E-state index in [2.05, 4.69) is 14.5 Å². The van der Waals surface area contributed by atoms with Crippen molar-refractivity contribution in [2.24, 2.45) is 0 Å². The normalized spacial score (nSPS) is 16.2. The molecule has 1 aliphatic heterocycles. The Bertz CT molecular complexity index is 928. The first-order valence-electron chi connectivity index (χ1n) is 9.05. The minimum absolute atomic E-state index is 0.125. The zero-order valence-corrected chi connectivity index (χ0v) is 17.1. The van der Waals surface area contributed by atoms with Crippen LogP contribution in [0.15, 0.2) is 53.4 Å². The van der Waals surface area contributed by atoms with Gasteiger partial charge >= 0.3 is 6.18 Å². The van der Waals surface area contributed by atoms with Crippen LogP contribution in [-0.2, 0) is 16.2 Å². The number of nitrogens with zero attached hydrogens (tertiary/aromatic N) is 2. The minimum atomic E-state index is -4.59. The molecule has 2 aromatic rings. The molecule has 2 aromatic carbocycles. The van der Waals surface area contributed by atoms with Gasteiger partial charge in [0.05, 0.1) is 10.5 Å². The molecular weight excluding hydrogens is 427 g/mol. The fraction of sp³-hybridized carbons (Fsp3) is 0.368. The van der Waals surface area contributed by atoms with Crippen LogP contribution in [-0.4, -0.2) is 52.6 Å². The first-order chi connectivity index (χ1) is 13.6. The van der Waals surface area contributed by atoms with Crippen molar-refractivity contribution in [1.29, 1.82) is 0 Å². The van der Waals surface area contributed by atoms with Gasteiger partial charge in [-0.3, -0.25) is 4.90 Å². The Balaban J connectivity index is 1.49. The zero-order valence-electron chi connectivity index (χ0n) is 15.5. The molecule has 5 nitrogen and oxygen atoms in total. The van der Waals surface area contributed by atoms with E-state index in [-0.39, 0.29) is 11.4 Å². The Morgan fingerprint density at radius 2 is 1.66 bits per heavy atom. The van der Waals surface area contributed by atoms with Gasteiger partial charge in [-0.05, 0) is 42.5 Å². The van der Waals surface area contributed by atoms with Crippen LogP contribution < -0.4 is 9.62 Å². The summed E-state index contributed by atoms with van der Waals surface area (Å²) in [7, 11) is -4.00. The van der Waals surface area contributed by atoms with E-state index in [1.807, 2.05) is 24.3 Å². The summed E-state index contributed by atoms with van der Waals surface area (Å²) in [5.41, 5.74) is 0.0954. The van der Waals surface area contributed by atoms with Crippen molar-refractivity contribution in [3.63, 3.8) is 0 Å². The van der Waals surface area contributed by atoms with Crippen molar-refractivity contribution >= 4 is 27.3 Å². The number of rotatable bonds is 6. The summed E-state index contributed by atoms with van der Waals surface area (Å²) in [5.74, 6) is 0. The molecule has 0 radical (unpaired) electrons. The molecule has 0 aliphatic carbocycles. The van der Waals surface area contributed by atoms with Gasteiger partial charge in [-0.25, -0.2) is 13.1 Å². The molecule has 0 aromatic heterocycles. The van der Waals surface area contributed by atoms with Crippen molar-refractivity contribution < 1.29 is 21.6 Å². The van der Waals surface area contributed by atoms with Gasteiger partial charge in [-0.2, -0.15) is 13.2 Å². The summed E-state index contributed by atoms with van der Waals surface area (Å²) in [6, 6.07) is 11.3. The van der Waals surface area contributed by atoms with E-state index in [4.69, 9.17) is 11.6 Å². The van der Waals surface area contributed by atoms with Crippen LogP contribution in [0.2, 0.25) is 5.02 Å². The van der Waals surface area contributed by atoms with E-state index in [1.54, 1.807) is 0 Å². The quantitative estimate of drug-likeness (QED) is 0.737. The number of alkyl halides is 3. The summed E-state index contributed by atoms with van der Waals surface area (Å²) in [6.07, 6.45) is -4.59. The Kier molecular flexibility index (Phi) is 6.72. The van der Waals surface area contributed by atoms with E-state index < -0.39 is 21.8 Å². The lowest BCUT2D eigenvalue weighted by molar-refractivity contribution is -0.137. The lowest BCUT2D eigenvalue weighted by Crippen LogP contribution is -2.48. The van der Waals surface area contributed by atoms with E-state index >= 15 is 0 Å². The zero-order chi connectivity index (χ0) is 21.1. The van der Waals surface area contributed by atoms with Gasteiger partial charge in [-0.15, -0.1) is 0 Å². The van der Waals surface area contributed by atoms with E-state index in [9.17, 15) is 21.6 Å². The van der Waals surface area contributed by atoms with Crippen LogP contribution in [0.5, 0.6) is 0 Å². The molecule has 0 amide bonds. The van der Waals surface area contributed by atoms with Crippen molar-refractivity contribution in [2.45, 2.75) is 11.1 Å². The summed E-state index contributed by atoms with van der Waals surface area (Å²) in [4.78, 5) is 3.95. The topological polar surface area (TPSA) is 52.7 Å². The van der Waals surface area contributed by atoms with Crippen LogP contribution >= 0.6 is 11.6 Å². The van der Waals surface area contributed by atoms with Gasteiger partial charge in [0.1, 0.15) is 0 Å². The highest BCUT2D eigenvalue weighted by Gasteiger charge is 2.31. The third-order valence-corrected chi connectivity index (χ3v) is 6.47. The Hall–Kier alpha value is -1.81. The molecule has 1 heterocycles. The standard InChI is InChI=1S/C19H21ClF3N3O2S/c20-16-4-6-17(7-5-16)26-12-10-25(11-13-26)9-8-24-29(27,28)18-3-1-2-15(14-18)19(21,22)23/h1-7,14,24H,8-13H2. The third-order valence-electron chi connectivity index (χ3n) is 4.76. The van der Waals surface area contributed by atoms with Crippen LogP contribution in [0.25, 0.3) is 0 Å². The second kappa shape index (κ2) is 8.91. The molecule has 0 spiro atoms. The van der Waals surface area contributed by atoms with Gasteiger partial charge in [0.25, 0.3) is 0 Å². The number of nitrogens with one attached hydrogen (secondary N) is 1. The molecule has 0 bridgehead atoms. The molecule has 29 heavy (non-hydrogen) atoms. The van der Waals surface area contributed by atoms with Crippen LogP contribution in [0, 0.1) is 0 Å². The first-order valence-corrected chi connectivity index (χ1v) is 10.9. The minimum Gasteiger partial charge on any atom is -0.369 e. The van der Waals surface area contributed by atoms with E-state index in [1.165, 1.54) is 0 Å². The molecular formula is C19H21ClF3N3O2S. The van der Waals surface area contributed by atoms with Crippen molar-refractivity contribution in [2.75, 3.05) is 44.2 Å². The van der Waals surface area contributed by atoms with Gasteiger partial charge in [0.2, 0.25) is 10.0 Å². The molecule has 1 N–H and O–H groups in total. The molecule has 1 fully saturated rings. The van der Waals surface area contributed by atoms with Crippen LogP contribution in [0.1, 0.15) is 5.56 Å². The highest BCUT2D eigenvalue weighted by Crippen LogP contribution is 2.30. The number of sulfonamides is 1.